The molecule has 0 saturated carbocycles. The quantitative estimate of drug-likeness (QED) is 0.413. The SMILES string of the molecule is [B]1C=Cc2ccccc2-c2cccc(Oc3cccc4c3[B]C=Cc3ccccc3-4)c21. The summed E-state index contributed by atoms with van der Waals surface area (Å²) in [6.07, 6.45) is 4.31. The summed E-state index contributed by atoms with van der Waals surface area (Å²) in [5, 5.41) is 0. The molecule has 6 rings (SSSR count). The maximum Gasteiger partial charge on any atom is 0.187 e. The minimum atomic E-state index is 0.863. The molecule has 0 N–H and O–H groups in total. The van der Waals surface area contributed by atoms with Crippen molar-refractivity contribution >= 4 is 37.6 Å². The Morgan fingerprint density at radius 3 is 1.42 bits per heavy atom. The Bertz CT molecular complexity index is 1260. The van der Waals surface area contributed by atoms with Gasteiger partial charge in [0, 0.05) is 0 Å². The van der Waals surface area contributed by atoms with Gasteiger partial charge < -0.3 is 4.74 Å². The van der Waals surface area contributed by atoms with Crippen LogP contribution in [-0.4, -0.2) is 14.6 Å². The highest BCUT2D eigenvalue weighted by Crippen LogP contribution is 2.32. The Balaban J connectivity index is 1.47. The van der Waals surface area contributed by atoms with E-state index in [4.69, 9.17) is 4.74 Å². The predicted octanol–water partition coefficient (Wildman–Crippen LogP) is 5.44. The highest BCUT2D eigenvalue weighted by molar-refractivity contribution is 6.63. The summed E-state index contributed by atoms with van der Waals surface area (Å²) in [5.41, 5.74) is 9.48. The average molecular weight is 392 g/mol. The first-order valence-electron chi connectivity index (χ1n) is 10.5. The van der Waals surface area contributed by atoms with E-state index in [2.05, 4.69) is 124 Å². The van der Waals surface area contributed by atoms with Crippen LogP contribution in [0.5, 0.6) is 11.5 Å². The number of hydrogen-bond acceptors (Lipinski definition) is 1. The standard InChI is InChI=1S/C28H18B2O/c1-3-9-21-19(7-1)15-17-29-27-23(21)11-5-13-25(27)31-26-14-6-12-24-22-10-4-2-8-20(22)16-18-30-28(24)26/h1-18H. The van der Waals surface area contributed by atoms with Crippen LogP contribution in [0.25, 0.3) is 34.4 Å². The third-order valence-corrected chi connectivity index (χ3v) is 5.93. The monoisotopic (exact) mass is 392 g/mol. The van der Waals surface area contributed by atoms with Crippen LogP contribution in [0, 0.1) is 0 Å². The van der Waals surface area contributed by atoms with Gasteiger partial charge in [0.15, 0.2) is 14.6 Å². The summed E-state index contributed by atoms with van der Waals surface area (Å²) in [5.74, 6) is 5.94. The molecule has 2 aliphatic heterocycles. The molecule has 4 aromatic carbocycles. The molecule has 0 atom stereocenters. The molecule has 3 heteroatoms. The molecular formula is C28H18B2O. The molecule has 0 unspecified atom stereocenters. The molecule has 0 spiro atoms. The van der Waals surface area contributed by atoms with Crippen molar-refractivity contribution in [3.05, 3.63) is 108 Å². The maximum absolute atomic E-state index is 6.59. The molecule has 1 nitrogen and oxygen atoms in total. The predicted molar refractivity (Wildman–Crippen MR) is 133 cm³/mol. The van der Waals surface area contributed by atoms with Crippen molar-refractivity contribution in [2.24, 2.45) is 0 Å². The van der Waals surface area contributed by atoms with Gasteiger partial charge in [-0.1, -0.05) is 84.9 Å². The van der Waals surface area contributed by atoms with Gasteiger partial charge in [-0.05, 0) is 56.4 Å². The topological polar surface area (TPSA) is 9.23 Å². The Morgan fingerprint density at radius 2 is 0.903 bits per heavy atom. The molecule has 4 aromatic rings. The third-order valence-electron chi connectivity index (χ3n) is 5.93. The average Bonchev–Trinajstić information content (AvgIpc) is 3.12. The fourth-order valence-corrected chi connectivity index (χ4v) is 4.47. The lowest BCUT2D eigenvalue weighted by Gasteiger charge is -2.18. The van der Waals surface area contributed by atoms with Gasteiger partial charge in [-0.25, -0.2) is 0 Å². The Morgan fingerprint density at radius 1 is 0.452 bits per heavy atom. The normalized spacial score (nSPS) is 12.8. The van der Waals surface area contributed by atoms with Crippen molar-refractivity contribution in [1.29, 1.82) is 0 Å². The molecule has 2 heterocycles. The van der Waals surface area contributed by atoms with E-state index in [0.29, 0.717) is 0 Å². The van der Waals surface area contributed by atoms with Crippen LogP contribution in [0.1, 0.15) is 11.1 Å². The molecule has 0 fully saturated rings. The van der Waals surface area contributed by atoms with E-state index in [-0.39, 0.29) is 0 Å². The van der Waals surface area contributed by atoms with Gasteiger partial charge in [-0.15, -0.1) is 12.0 Å². The van der Waals surface area contributed by atoms with Crippen molar-refractivity contribution in [1.82, 2.24) is 0 Å². The number of benzene rings is 4. The number of ether oxygens (including phenoxy) is 1. The zero-order valence-corrected chi connectivity index (χ0v) is 17.0. The molecule has 31 heavy (non-hydrogen) atoms. The van der Waals surface area contributed by atoms with E-state index in [9.17, 15) is 0 Å². The van der Waals surface area contributed by atoms with Gasteiger partial charge in [0.2, 0.25) is 0 Å². The van der Waals surface area contributed by atoms with Gasteiger partial charge in [-0.2, -0.15) is 0 Å². The van der Waals surface area contributed by atoms with E-state index in [1.54, 1.807) is 0 Å². The summed E-state index contributed by atoms with van der Waals surface area (Å²) < 4.78 is 6.59. The minimum absolute atomic E-state index is 0.863. The minimum Gasteiger partial charge on any atom is -0.458 e. The number of hydrogen-bond donors (Lipinski definition) is 0. The van der Waals surface area contributed by atoms with Crippen molar-refractivity contribution in [2.45, 2.75) is 0 Å². The van der Waals surface area contributed by atoms with Gasteiger partial charge in [0.25, 0.3) is 0 Å². The smallest absolute Gasteiger partial charge is 0.187 e. The van der Waals surface area contributed by atoms with Crippen LogP contribution in [0.4, 0.5) is 0 Å². The number of fused-ring (bicyclic) bond motifs is 6. The van der Waals surface area contributed by atoms with Crippen LogP contribution < -0.4 is 15.7 Å². The van der Waals surface area contributed by atoms with Gasteiger partial charge in [0.05, 0.1) is 0 Å². The molecule has 0 saturated heterocycles. The highest BCUT2D eigenvalue weighted by atomic mass is 16.5. The van der Waals surface area contributed by atoms with E-state index in [1.807, 2.05) is 0 Å². The lowest BCUT2D eigenvalue weighted by atomic mass is 9.67. The summed E-state index contributed by atoms with van der Waals surface area (Å²) in [7, 11) is 4.29. The number of rotatable bonds is 2. The van der Waals surface area contributed by atoms with Crippen LogP contribution in [-0.2, 0) is 0 Å². The van der Waals surface area contributed by atoms with Crippen LogP contribution in [0.15, 0.2) is 96.9 Å². The van der Waals surface area contributed by atoms with Crippen molar-refractivity contribution in [3.8, 4) is 33.8 Å². The fraction of sp³-hybridized carbons (Fsp3) is 0. The zero-order chi connectivity index (χ0) is 20.6. The zero-order valence-electron chi connectivity index (χ0n) is 17.0. The highest BCUT2D eigenvalue weighted by Gasteiger charge is 2.19. The fourth-order valence-electron chi connectivity index (χ4n) is 4.47. The second-order valence-electron chi connectivity index (χ2n) is 7.76. The second-order valence-corrected chi connectivity index (χ2v) is 7.76. The van der Waals surface area contributed by atoms with E-state index in [0.717, 1.165) is 22.4 Å². The molecular weight excluding hydrogens is 374 g/mol. The molecule has 0 bridgehead atoms. The summed E-state index contributed by atoms with van der Waals surface area (Å²) >= 11 is 0. The third kappa shape index (κ3) is 3.14. The first kappa shape index (κ1) is 18.1. The van der Waals surface area contributed by atoms with Crippen molar-refractivity contribution in [2.75, 3.05) is 0 Å². The Hall–Kier alpha value is -3.71. The van der Waals surface area contributed by atoms with E-state index in [1.165, 1.54) is 33.4 Å². The van der Waals surface area contributed by atoms with Crippen molar-refractivity contribution < 1.29 is 4.74 Å². The largest absolute Gasteiger partial charge is 0.458 e. The Kier molecular flexibility index (Phi) is 4.39. The van der Waals surface area contributed by atoms with Gasteiger partial charge in [-0.3, -0.25) is 0 Å². The second kappa shape index (κ2) is 7.52. The lowest BCUT2D eigenvalue weighted by molar-refractivity contribution is 0.490. The molecule has 0 aliphatic carbocycles. The summed E-state index contributed by atoms with van der Waals surface area (Å²) in [6, 6.07) is 29.6. The first-order chi connectivity index (χ1) is 15.4. The van der Waals surface area contributed by atoms with Crippen LogP contribution in [0.3, 0.4) is 0 Å². The Labute approximate surface area is 184 Å². The lowest BCUT2D eigenvalue weighted by Crippen LogP contribution is -2.21. The van der Waals surface area contributed by atoms with E-state index >= 15 is 0 Å². The van der Waals surface area contributed by atoms with Gasteiger partial charge in [0.1, 0.15) is 11.5 Å². The summed E-state index contributed by atoms with van der Waals surface area (Å²) in [6.45, 7) is 0. The molecule has 0 amide bonds. The van der Waals surface area contributed by atoms with Gasteiger partial charge >= 0.3 is 0 Å². The summed E-state index contributed by atoms with van der Waals surface area (Å²) in [4.78, 5) is 0. The molecule has 2 aliphatic rings. The van der Waals surface area contributed by atoms with E-state index < -0.39 is 0 Å². The van der Waals surface area contributed by atoms with Crippen molar-refractivity contribution in [3.63, 3.8) is 0 Å². The molecule has 0 aromatic heterocycles. The molecule has 142 valence electrons. The van der Waals surface area contributed by atoms with Crippen LogP contribution in [0.2, 0.25) is 0 Å². The van der Waals surface area contributed by atoms with Crippen LogP contribution >= 0.6 is 0 Å². The molecule has 2 radical (unpaired) electrons. The first-order valence-corrected chi connectivity index (χ1v) is 10.5. The maximum atomic E-state index is 6.59.